The minimum atomic E-state index is -4.25. The van der Waals surface area contributed by atoms with Crippen LogP contribution in [-0.2, 0) is 6.18 Å². The van der Waals surface area contributed by atoms with E-state index < -0.39 is 11.7 Å². The highest BCUT2D eigenvalue weighted by Gasteiger charge is 2.30. The van der Waals surface area contributed by atoms with Gasteiger partial charge in [0.05, 0.1) is 5.56 Å². The van der Waals surface area contributed by atoms with Gasteiger partial charge in [-0.25, -0.2) is 0 Å². The minimum absolute atomic E-state index is 0.212. The highest BCUT2D eigenvalue weighted by atomic mass is 19.4. The van der Waals surface area contributed by atoms with E-state index in [2.05, 4.69) is 17.1 Å². The van der Waals surface area contributed by atoms with Crippen LogP contribution in [0.1, 0.15) is 30.5 Å². The van der Waals surface area contributed by atoms with E-state index in [0.717, 1.165) is 38.2 Å². The zero-order chi connectivity index (χ0) is 13.9. The average Bonchev–Trinajstić information content (AvgIpc) is 2.40. The van der Waals surface area contributed by atoms with Crippen LogP contribution in [0.2, 0.25) is 0 Å². The van der Waals surface area contributed by atoms with Gasteiger partial charge < -0.3 is 5.32 Å². The van der Waals surface area contributed by atoms with E-state index >= 15 is 0 Å². The van der Waals surface area contributed by atoms with Crippen molar-refractivity contribution in [3.8, 4) is 0 Å². The standard InChI is InChI=1S/C14H19F3N2/c1-2-13(19-9-7-18-8-10-19)11-3-5-12(6-4-11)14(15,16)17/h3-6,13,18H,2,7-10H2,1H3/t13-/m0/s1. The van der Waals surface area contributed by atoms with Crippen LogP contribution < -0.4 is 5.32 Å². The summed E-state index contributed by atoms with van der Waals surface area (Å²) < 4.78 is 37.6. The molecule has 1 aliphatic heterocycles. The molecule has 1 aliphatic rings. The Bertz CT molecular complexity index is 394. The van der Waals surface area contributed by atoms with Crippen LogP contribution >= 0.6 is 0 Å². The molecule has 106 valence electrons. The number of nitrogens with one attached hydrogen (secondary N) is 1. The number of piperazine rings is 1. The van der Waals surface area contributed by atoms with Gasteiger partial charge in [-0.15, -0.1) is 0 Å². The molecule has 2 nitrogen and oxygen atoms in total. The zero-order valence-electron chi connectivity index (χ0n) is 11.0. The zero-order valence-corrected chi connectivity index (χ0v) is 11.0. The molecule has 0 aliphatic carbocycles. The Balaban J connectivity index is 2.14. The SMILES string of the molecule is CC[C@@H](c1ccc(C(F)(F)F)cc1)N1CCNCC1. The van der Waals surface area contributed by atoms with E-state index in [1.165, 1.54) is 12.1 Å². The number of rotatable bonds is 3. The van der Waals surface area contributed by atoms with E-state index in [0.29, 0.717) is 0 Å². The summed E-state index contributed by atoms with van der Waals surface area (Å²) in [5.41, 5.74) is 0.392. The average molecular weight is 272 g/mol. The highest BCUT2D eigenvalue weighted by molar-refractivity contribution is 5.27. The Kier molecular flexibility index (Phi) is 4.47. The van der Waals surface area contributed by atoms with E-state index in [-0.39, 0.29) is 6.04 Å². The molecule has 1 aromatic carbocycles. The predicted octanol–water partition coefficient (Wildman–Crippen LogP) is 3.06. The number of benzene rings is 1. The summed E-state index contributed by atoms with van der Waals surface area (Å²) in [5.74, 6) is 0. The molecule has 2 rings (SSSR count). The molecule has 0 unspecified atom stereocenters. The van der Waals surface area contributed by atoms with Crippen molar-refractivity contribution in [3.63, 3.8) is 0 Å². The Hall–Kier alpha value is -1.07. The lowest BCUT2D eigenvalue weighted by Crippen LogP contribution is -2.45. The molecule has 0 amide bonds. The summed E-state index contributed by atoms with van der Waals surface area (Å²) in [6.07, 6.45) is -3.35. The molecule has 1 saturated heterocycles. The van der Waals surface area contributed by atoms with Crippen LogP contribution in [0.5, 0.6) is 0 Å². The van der Waals surface area contributed by atoms with Gasteiger partial charge in [-0.3, -0.25) is 4.90 Å². The van der Waals surface area contributed by atoms with Crippen LogP contribution in [0.25, 0.3) is 0 Å². The third-order valence-electron chi connectivity index (χ3n) is 3.60. The number of hydrogen-bond acceptors (Lipinski definition) is 2. The number of halogens is 3. The Labute approximate surface area is 111 Å². The lowest BCUT2D eigenvalue weighted by Gasteiger charge is -2.34. The number of nitrogens with zero attached hydrogens (tertiary/aromatic N) is 1. The van der Waals surface area contributed by atoms with E-state index in [1.54, 1.807) is 12.1 Å². The molecule has 1 N–H and O–H groups in total. The predicted molar refractivity (Wildman–Crippen MR) is 68.9 cm³/mol. The second-order valence-corrected chi connectivity index (χ2v) is 4.83. The summed E-state index contributed by atoms with van der Waals surface area (Å²) >= 11 is 0. The molecule has 0 spiro atoms. The quantitative estimate of drug-likeness (QED) is 0.909. The molecule has 19 heavy (non-hydrogen) atoms. The first kappa shape index (κ1) is 14.3. The second kappa shape index (κ2) is 5.92. The summed E-state index contributed by atoms with van der Waals surface area (Å²) in [5, 5.41) is 3.28. The number of alkyl halides is 3. The topological polar surface area (TPSA) is 15.3 Å². The van der Waals surface area contributed by atoms with Crippen molar-refractivity contribution in [2.24, 2.45) is 0 Å². The van der Waals surface area contributed by atoms with Crippen LogP contribution in [-0.4, -0.2) is 31.1 Å². The third kappa shape index (κ3) is 3.48. The first-order valence-electron chi connectivity index (χ1n) is 6.64. The second-order valence-electron chi connectivity index (χ2n) is 4.83. The summed E-state index contributed by atoms with van der Waals surface area (Å²) in [4.78, 5) is 2.33. The molecule has 0 aromatic heterocycles. The van der Waals surface area contributed by atoms with Gasteiger partial charge in [0.15, 0.2) is 0 Å². The first-order chi connectivity index (χ1) is 9.02. The molecule has 1 fully saturated rings. The van der Waals surface area contributed by atoms with Gasteiger partial charge >= 0.3 is 6.18 Å². The monoisotopic (exact) mass is 272 g/mol. The molecule has 0 radical (unpaired) electrons. The van der Waals surface area contributed by atoms with Crippen molar-refractivity contribution in [2.45, 2.75) is 25.6 Å². The molecule has 1 atom stereocenters. The van der Waals surface area contributed by atoms with E-state index in [1.807, 2.05) is 0 Å². The molecule has 5 heteroatoms. The fourth-order valence-corrected chi connectivity index (χ4v) is 2.59. The molecule has 0 saturated carbocycles. The van der Waals surface area contributed by atoms with Crippen molar-refractivity contribution < 1.29 is 13.2 Å². The fourth-order valence-electron chi connectivity index (χ4n) is 2.59. The van der Waals surface area contributed by atoms with Gasteiger partial charge in [0.25, 0.3) is 0 Å². The van der Waals surface area contributed by atoms with Gasteiger partial charge in [0.2, 0.25) is 0 Å². The Morgan fingerprint density at radius 3 is 2.21 bits per heavy atom. The van der Waals surface area contributed by atoms with Gasteiger partial charge in [0.1, 0.15) is 0 Å². The first-order valence-corrected chi connectivity index (χ1v) is 6.64. The Morgan fingerprint density at radius 2 is 1.74 bits per heavy atom. The van der Waals surface area contributed by atoms with Gasteiger partial charge in [-0.2, -0.15) is 13.2 Å². The molecule has 0 bridgehead atoms. The van der Waals surface area contributed by atoms with Crippen LogP contribution in [0.3, 0.4) is 0 Å². The van der Waals surface area contributed by atoms with E-state index in [4.69, 9.17) is 0 Å². The summed E-state index contributed by atoms with van der Waals surface area (Å²) in [6, 6.07) is 5.79. The highest BCUT2D eigenvalue weighted by Crippen LogP contribution is 2.31. The van der Waals surface area contributed by atoms with Crippen LogP contribution in [0, 0.1) is 0 Å². The molecule has 1 heterocycles. The van der Waals surface area contributed by atoms with Gasteiger partial charge in [-0.05, 0) is 24.1 Å². The summed E-state index contributed by atoms with van der Waals surface area (Å²) in [7, 11) is 0. The normalized spacial score (nSPS) is 19.4. The van der Waals surface area contributed by atoms with E-state index in [9.17, 15) is 13.2 Å². The Morgan fingerprint density at radius 1 is 1.16 bits per heavy atom. The molecule has 1 aromatic rings. The van der Waals surface area contributed by atoms with Crippen molar-refractivity contribution in [1.82, 2.24) is 10.2 Å². The minimum Gasteiger partial charge on any atom is -0.314 e. The van der Waals surface area contributed by atoms with Crippen molar-refractivity contribution in [3.05, 3.63) is 35.4 Å². The summed E-state index contributed by atoms with van der Waals surface area (Å²) in [6.45, 7) is 5.84. The van der Waals surface area contributed by atoms with Crippen molar-refractivity contribution in [1.29, 1.82) is 0 Å². The van der Waals surface area contributed by atoms with Gasteiger partial charge in [0, 0.05) is 32.2 Å². The van der Waals surface area contributed by atoms with Crippen LogP contribution in [0.4, 0.5) is 13.2 Å². The fraction of sp³-hybridized carbons (Fsp3) is 0.571. The maximum absolute atomic E-state index is 12.5. The molecular weight excluding hydrogens is 253 g/mol. The van der Waals surface area contributed by atoms with Crippen molar-refractivity contribution >= 4 is 0 Å². The third-order valence-corrected chi connectivity index (χ3v) is 3.60. The van der Waals surface area contributed by atoms with Crippen LogP contribution in [0.15, 0.2) is 24.3 Å². The van der Waals surface area contributed by atoms with Crippen molar-refractivity contribution in [2.75, 3.05) is 26.2 Å². The lowest BCUT2D eigenvalue weighted by molar-refractivity contribution is -0.137. The maximum atomic E-state index is 12.5. The molecular formula is C14H19F3N2. The lowest BCUT2D eigenvalue weighted by atomic mass is 10.0. The number of hydrogen-bond donors (Lipinski definition) is 1. The largest absolute Gasteiger partial charge is 0.416 e. The maximum Gasteiger partial charge on any atom is 0.416 e. The smallest absolute Gasteiger partial charge is 0.314 e. The van der Waals surface area contributed by atoms with Gasteiger partial charge in [-0.1, -0.05) is 19.1 Å².